The number of benzene rings is 1. The van der Waals surface area contributed by atoms with E-state index in [0.717, 1.165) is 22.0 Å². The van der Waals surface area contributed by atoms with Crippen LogP contribution in [0.5, 0.6) is 0 Å². The van der Waals surface area contributed by atoms with Gasteiger partial charge in [0.25, 0.3) is 0 Å². The highest BCUT2D eigenvalue weighted by molar-refractivity contribution is 7.15. The van der Waals surface area contributed by atoms with Crippen LogP contribution in [0.25, 0.3) is 4.96 Å². The Morgan fingerprint density at radius 3 is 2.95 bits per heavy atom. The molecule has 6 nitrogen and oxygen atoms in total. The molecule has 0 unspecified atom stereocenters. The largest absolute Gasteiger partial charge is 0.478 e. The van der Waals surface area contributed by atoms with Crippen molar-refractivity contribution in [1.29, 1.82) is 0 Å². The monoisotopic (exact) mass is 314 g/mol. The molecule has 3 rings (SSSR count). The molecule has 0 fully saturated rings. The van der Waals surface area contributed by atoms with Crippen LogP contribution in [-0.2, 0) is 0 Å². The second-order valence-corrected chi connectivity index (χ2v) is 5.63. The third kappa shape index (κ3) is 2.46. The standard InChI is InChI=1S/C15H14N4O2S/c1-9-8-22-15-17-10(2)13(19(9)15)7-16-18-12-6-4-3-5-11(12)14(20)21/h3-8,18H,1-2H3,(H,20,21). The zero-order valence-electron chi connectivity index (χ0n) is 12.1. The number of imidazole rings is 1. The summed E-state index contributed by atoms with van der Waals surface area (Å²) in [5.41, 5.74) is 6.28. The first-order chi connectivity index (χ1) is 10.6. The molecule has 2 N–H and O–H groups in total. The third-order valence-corrected chi connectivity index (χ3v) is 4.23. The Hall–Kier alpha value is -2.67. The number of para-hydroxylation sites is 1. The van der Waals surface area contributed by atoms with Crippen molar-refractivity contribution in [3.8, 4) is 0 Å². The number of aromatic carboxylic acids is 1. The molecule has 0 atom stereocenters. The molecule has 0 amide bonds. The summed E-state index contributed by atoms with van der Waals surface area (Å²) < 4.78 is 2.02. The van der Waals surface area contributed by atoms with Crippen molar-refractivity contribution < 1.29 is 9.90 Å². The minimum absolute atomic E-state index is 0.182. The first-order valence-corrected chi connectivity index (χ1v) is 7.50. The maximum atomic E-state index is 11.1. The summed E-state index contributed by atoms with van der Waals surface area (Å²) in [5, 5.41) is 15.3. The Morgan fingerprint density at radius 1 is 1.41 bits per heavy atom. The van der Waals surface area contributed by atoms with Gasteiger partial charge in [0.05, 0.1) is 28.9 Å². The Morgan fingerprint density at radius 2 is 2.18 bits per heavy atom. The van der Waals surface area contributed by atoms with Crippen LogP contribution in [0.4, 0.5) is 5.69 Å². The van der Waals surface area contributed by atoms with Crippen LogP contribution < -0.4 is 5.43 Å². The van der Waals surface area contributed by atoms with E-state index in [0.29, 0.717) is 5.69 Å². The fraction of sp³-hybridized carbons (Fsp3) is 0.133. The zero-order valence-corrected chi connectivity index (χ0v) is 12.9. The van der Waals surface area contributed by atoms with Gasteiger partial charge in [0, 0.05) is 11.1 Å². The number of aromatic nitrogens is 2. The van der Waals surface area contributed by atoms with Crippen LogP contribution in [0, 0.1) is 13.8 Å². The summed E-state index contributed by atoms with van der Waals surface area (Å²) >= 11 is 1.58. The van der Waals surface area contributed by atoms with Gasteiger partial charge in [-0.05, 0) is 26.0 Å². The molecule has 2 heterocycles. The highest BCUT2D eigenvalue weighted by atomic mass is 32.1. The van der Waals surface area contributed by atoms with Gasteiger partial charge in [-0.2, -0.15) is 5.10 Å². The SMILES string of the molecule is Cc1nc2scc(C)n2c1C=NNc1ccccc1C(=O)O. The number of rotatable bonds is 4. The summed E-state index contributed by atoms with van der Waals surface area (Å²) in [7, 11) is 0. The summed E-state index contributed by atoms with van der Waals surface area (Å²) in [6, 6.07) is 6.65. The van der Waals surface area contributed by atoms with Crippen molar-refractivity contribution in [3.63, 3.8) is 0 Å². The van der Waals surface area contributed by atoms with Crippen LogP contribution in [0.15, 0.2) is 34.7 Å². The Labute approximate surface area is 130 Å². The topological polar surface area (TPSA) is 79.0 Å². The normalized spacial score (nSPS) is 11.4. The molecule has 0 spiro atoms. The van der Waals surface area contributed by atoms with Crippen molar-refractivity contribution >= 4 is 34.2 Å². The van der Waals surface area contributed by atoms with E-state index in [4.69, 9.17) is 5.11 Å². The molecular weight excluding hydrogens is 300 g/mol. The van der Waals surface area contributed by atoms with Gasteiger partial charge < -0.3 is 5.11 Å². The number of carboxylic acids is 1. The van der Waals surface area contributed by atoms with Gasteiger partial charge in [0.1, 0.15) is 0 Å². The molecule has 0 saturated carbocycles. The second-order valence-electron chi connectivity index (χ2n) is 4.80. The number of hydrogen-bond donors (Lipinski definition) is 2. The van der Waals surface area contributed by atoms with Crippen LogP contribution in [-0.4, -0.2) is 26.7 Å². The van der Waals surface area contributed by atoms with Gasteiger partial charge in [-0.3, -0.25) is 9.83 Å². The molecule has 112 valence electrons. The lowest BCUT2D eigenvalue weighted by Gasteiger charge is -2.04. The van der Waals surface area contributed by atoms with Gasteiger partial charge in [0.15, 0.2) is 4.96 Å². The van der Waals surface area contributed by atoms with Crippen LogP contribution >= 0.6 is 11.3 Å². The number of aryl methyl sites for hydroxylation is 2. The van der Waals surface area contributed by atoms with Crippen LogP contribution in [0.3, 0.4) is 0 Å². The first-order valence-electron chi connectivity index (χ1n) is 6.62. The van der Waals surface area contributed by atoms with Crippen molar-refractivity contribution in [2.45, 2.75) is 13.8 Å². The molecule has 0 aliphatic rings. The quantitative estimate of drug-likeness (QED) is 0.573. The molecule has 0 bridgehead atoms. The van der Waals surface area contributed by atoms with Gasteiger partial charge in [0.2, 0.25) is 0 Å². The molecule has 0 saturated heterocycles. The van der Waals surface area contributed by atoms with Crippen LogP contribution in [0.1, 0.15) is 27.4 Å². The molecule has 1 aromatic carbocycles. The Balaban J connectivity index is 1.90. The molecule has 7 heteroatoms. The number of fused-ring (bicyclic) bond motifs is 1. The summed E-state index contributed by atoms with van der Waals surface area (Å²) in [6.07, 6.45) is 1.66. The molecule has 22 heavy (non-hydrogen) atoms. The van der Waals surface area contributed by atoms with E-state index in [1.807, 2.05) is 23.6 Å². The van der Waals surface area contributed by atoms with E-state index in [2.05, 4.69) is 15.5 Å². The lowest BCUT2D eigenvalue weighted by molar-refractivity contribution is 0.0698. The smallest absolute Gasteiger partial charge is 0.337 e. The van der Waals surface area contributed by atoms with Crippen molar-refractivity contribution in [3.05, 3.63) is 52.3 Å². The Bertz CT molecular complexity index is 879. The van der Waals surface area contributed by atoms with Crippen LogP contribution in [0.2, 0.25) is 0 Å². The minimum atomic E-state index is -0.991. The summed E-state index contributed by atoms with van der Waals surface area (Å²) in [4.78, 5) is 16.5. The predicted octanol–water partition coefficient (Wildman–Crippen LogP) is 3.16. The summed E-state index contributed by atoms with van der Waals surface area (Å²) in [6.45, 7) is 3.93. The maximum absolute atomic E-state index is 11.1. The molecule has 3 aromatic rings. The second kappa shape index (κ2) is 5.61. The number of anilines is 1. The fourth-order valence-electron chi connectivity index (χ4n) is 2.21. The molecule has 2 aromatic heterocycles. The molecule has 0 aliphatic carbocycles. The van der Waals surface area contributed by atoms with E-state index in [1.165, 1.54) is 6.07 Å². The highest BCUT2D eigenvalue weighted by Crippen LogP contribution is 2.19. The highest BCUT2D eigenvalue weighted by Gasteiger charge is 2.11. The van der Waals surface area contributed by atoms with E-state index < -0.39 is 5.97 Å². The number of hydrogen-bond acceptors (Lipinski definition) is 5. The lowest BCUT2D eigenvalue weighted by atomic mass is 10.2. The van der Waals surface area contributed by atoms with Crippen molar-refractivity contribution in [2.24, 2.45) is 5.10 Å². The van der Waals surface area contributed by atoms with E-state index in [9.17, 15) is 4.79 Å². The van der Waals surface area contributed by atoms with Gasteiger partial charge >= 0.3 is 5.97 Å². The van der Waals surface area contributed by atoms with Gasteiger partial charge in [-0.1, -0.05) is 12.1 Å². The number of hydrazone groups is 1. The zero-order chi connectivity index (χ0) is 15.7. The molecular formula is C15H14N4O2S. The van der Waals surface area contributed by atoms with E-state index in [-0.39, 0.29) is 5.56 Å². The minimum Gasteiger partial charge on any atom is -0.478 e. The fourth-order valence-corrected chi connectivity index (χ4v) is 3.13. The van der Waals surface area contributed by atoms with Crippen molar-refractivity contribution in [2.75, 3.05) is 5.43 Å². The average molecular weight is 314 g/mol. The maximum Gasteiger partial charge on any atom is 0.337 e. The van der Waals surface area contributed by atoms with E-state index >= 15 is 0 Å². The van der Waals surface area contributed by atoms with Crippen molar-refractivity contribution in [1.82, 2.24) is 9.38 Å². The molecule has 0 radical (unpaired) electrons. The van der Waals surface area contributed by atoms with Gasteiger partial charge in [-0.25, -0.2) is 9.78 Å². The number of nitrogens with zero attached hydrogens (tertiary/aromatic N) is 3. The number of carbonyl (C=O) groups is 1. The molecule has 0 aliphatic heterocycles. The number of thiazole rings is 1. The average Bonchev–Trinajstić information content (AvgIpc) is 3.00. The Kier molecular flexibility index (Phi) is 3.64. The number of carboxylic acid groups (broad SMARTS) is 1. The summed E-state index contributed by atoms with van der Waals surface area (Å²) in [5.74, 6) is -0.991. The predicted molar refractivity (Wildman–Crippen MR) is 87.2 cm³/mol. The number of nitrogens with one attached hydrogen (secondary N) is 1. The first kappa shape index (κ1) is 14.3. The van der Waals surface area contributed by atoms with E-state index in [1.54, 1.807) is 35.8 Å². The third-order valence-electron chi connectivity index (χ3n) is 3.28. The lowest BCUT2D eigenvalue weighted by Crippen LogP contribution is -2.03. The van der Waals surface area contributed by atoms with Gasteiger partial charge in [-0.15, -0.1) is 11.3 Å².